The topological polar surface area (TPSA) is 101 Å². The van der Waals surface area contributed by atoms with E-state index in [4.69, 9.17) is 5.11 Å². The molecular weight excluding hydrogens is 321 g/mol. The molecule has 2 N–H and O–H groups in total. The van der Waals surface area contributed by atoms with Crippen LogP contribution in [0.1, 0.15) is 23.2 Å². The maximum absolute atomic E-state index is 13.8. The zero-order valence-corrected chi connectivity index (χ0v) is 12.5. The number of hydrogen-bond acceptors (Lipinski definition) is 4. The van der Waals surface area contributed by atoms with Crippen LogP contribution < -0.4 is 4.72 Å². The summed E-state index contributed by atoms with van der Waals surface area (Å²) in [6.45, 7) is 0. The number of aromatic carboxylic acids is 1. The predicted octanol–water partition coefficient (Wildman–Crippen LogP) is 0.713. The van der Waals surface area contributed by atoms with Gasteiger partial charge < -0.3 is 5.11 Å². The number of nitrogens with one attached hydrogen (secondary N) is 1. The first-order chi connectivity index (χ1) is 9.79. The monoisotopic (exact) mass is 335 g/mol. The molecule has 1 saturated heterocycles. The molecule has 0 aromatic heterocycles. The number of benzene rings is 1. The predicted molar refractivity (Wildman–Crippen MR) is 74.6 cm³/mol. The van der Waals surface area contributed by atoms with Crippen LogP contribution in [0.2, 0.25) is 0 Å². The van der Waals surface area contributed by atoms with Gasteiger partial charge in [-0.3, -0.25) is 4.21 Å². The zero-order valence-electron chi connectivity index (χ0n) is 10.9. The van der Waals surface area contributed by atoms with Gasteiger partial charge in [0.15, 0.2) is 0 Å². The number of hydrogen-bond donors (Lipinski definition) is 2. The van der Waals surface area contributed by atoms with Crippen LogP contribution in [0.15, 0.2) is 23.1 Å². The van der Waals surface area contributed by atoms with Crippen molar-refractivity contribution in [3.8, 4) is 0 Å². The second-order valence-electron chi connectivity index (χ2n) is 4.69. The van der Waals surface area contributed by atoms with Crippen molar-refractivity contribution in [2.75, 3.05) is 11.5 Å². The maximum Gasteiger partial charge on any atom is 0.335 e. The Kier molecular flexibility index (Phi) is 4.74. The van der Waals surface area contributed by atoms with Crippen LogP contribution in [-0.2, 0) is 20.8 Å². The summed E-state index contributed by atoms with van der Waals surface area (Å²) in [5.41, 5.74) is -0.320. The summed E-state index contributed by atoms with van der Waals surface area (Å²) in [4.78, 5) is 10.1. The Morgan fingerprint density at radius 2 is 1.95 bits per heavy atom. The second kappa shape index (κ2) is 6.20. The first-order valence-corrected chi connectivity index (χ1v) is 9.17. The fourth-order valence-electron chi connectivity index (χ4n) is 2.05. The standard InChI is InChI=1S/C12H14FNO5S2/c13-10-7-8(12(15)16)1-2-11(10)21(18,19)14-9-3-5-20(17)6-4-9/h1-2,7,9,14H,3-6H2,(H,15,16). The van der Waals surface area contributed by atoms with Crippen molar-refractivity contribution < 1.29 is 26.9 Å². The molecule has 6 nitrogen and oxygen atoms in total. The molecule has 0 spiro atoms. The molecule has 1 aliphatic heterocycles. The third-order valence-corrected chi connectivity index (χ3v) is 6.11. The van der Waals surface area contributed by atoms with Crippen LogP contribution in [0.5, 0.6) is 0 Å². The van der Waals surface area contributed by atoms with Crippen molar-refractivity contribution in [2.24, 2.45) is 0 Å². The molecule has 1 aliphatic rings. The third kappa shape index (κ3) is 3.86. The van der Waals surface area contributed by atoms with E-state index in [0.717, 1.165) is 12.1 Å². The molecule has 0 aliphatic carbocycles. The lowest BCUT2D eigenvalue weighted by molar-refractivity contribution is 0.0696. The number of halogens is 1. The highest BCUT2D eigenvalue weighted by atomic mass is 32.2. The molecule has 0 bridgehead atoms. The quantitative estimate of drug-likeness (QED) is 0.844. The Balaban J connectivity index is 2.19. The molecule has 2 rings (SSSR count). The van der Waals surface area contributed by atoms with E-state index in [9.17, 15) is 21.8 Å². The van der Waals surface area contributed by atoms with E-state index < -0.39 is 37.5 Å². The van der Waals surface area contributed by atoms with Crippen molar-refractivity contribution in [3.63, 3.8) is 0 Å². The van der Waals surface area contributed by atoms with Gasteiger partial charge in [0.25, 0.3) is 0 Å². The fourth-order valence-corrected chi connectivity index (χ4v) is 4.71. The summed E-state index contributed by atoms with van der Waals surface area (Å²) >= 11 is 0. The molecule has 1 aromatic carbocycles. The molecule has 0 radical (unpaired) electrons. The van der Waals surface area contributed by atoms with Gasteiger partial charge in [0.05, 0.1) is 5.56 Å². The van der Waals surface area contributed by atoms with Crippen LogP contribution in [0.4, 0.5) is 4.39 Å². The Morgan fingerprint density at radius 1 is 1.33 bits per heavy atom. The molecule has 9 heteroatoms. The number of carboxylic acid groups (broad SMARTS) is 1. The molecule has 0 unspecified atom stereocenters. The van der Waals surface area contributed by atoms with Gasteiger partial charge in [-0.2, -0.15) is 0 Å². The van der Waals surface area contributed by atoms with Gasteiger partial charge in [-0.25, -0.2) is 22.3 Å². The average molecular weight is 335 g/mol. The van der Waals surface area contributed by atoms with Crippen molar-refractivity contribution in [1.29, 1.82) is 0 Å². The zero-order chi connectivity index (χ0) is 15.6. The molecule has 0 atom stereocenters. The number of sulfonamides is 1. The highest BCUT2D eigenvalue weighted by Crippen LogP contribution is 2.18. The van der Waals surface area contributed by atoms with Crippen molar-refractivity contribution >= 4 is 26.8 Å². The van der Waals surface area contributed by atoms with Crippen LogP contribution in [0, 0.1) is 5.82 Å². The van der Waals surface area contributed by atoms with Crippen LogP contribution in [0.25, 0.3) is 0 Å². The lowest BCUT2D eigenvalue weighted by Gasteiger charge is -2.22. The number of carboxylic acids is 1. The maximum atomic E-state index is 13.8. The molecule has 1 heterocycles. The van der Waals surface area contributed by atoms with Crippen LogP contribution in [0.3, 0.4) is 0 Å². The largest absolute Gasteiger partial charge is 0.478 e. The molecule has 0 amide bonds. The van der Waals surface area contributed by atoms with E-state index in [1.807, 2.05) is 0 Å². The van der Waals surface area contributed by atoms with E-state index >= 15 is 0 Å². The average Bonchev–Trinajstić information content (AvgIpc) is 2.40. The van der Waals surface area contributed by atoms with Gasteiger partial charge >= 0.3 is 5.97 Å². The minimum Gasteiger partial charge on any atom is -0.478 e. The van der Waals surface area contributed by atoms with Gasteiger partial charge in [-0.15, -0.1) is 0 Å². The minimum atomic E-state index is -4.07. The lowest BCUT2D eigenvalue weighted by atomic mass is 10.2. The van der Waals surface area contributed by atoms with Gasteiger partial charge in [-0.1, -0.05) is 0 Å². The first kappa shape index (κ1) is 16.1. The second-order valence-corrected chi connectivity index (χ2v) is 8.07. The third-order valence-electron chi connectivity index (χ3n) is 3.18. The smallest absolute Gasteiger partial charge is 0.335 e. The lowest BCUT2D eigenvalue weighted by Crippen LogP contribution is -2.39. The molecule has 21 heavy (non-hydrogen) atoms. The van der Waals surface area contributed by atoms with Gasteiger partial charge in [0, 0.05) is 28.3 Å². The Hall–Kier alpha value is -1.32. The Bertz CT molecular complexity index is 679. The van der Waals surface area contributed by atoms with Crippen LogP contribution >= 0.6 is 0 Å². The molecule has 116 valence electrons. The molecule has 1 fully saturated rings. The summed E-state index contributed by atoms with van der Waals surface area (Å²) in [6.07, 6.45) is 0.862. The summed E-state index contributed by atoms with van der Waals surface area (Å²) in [5, 5.41) is 8.73. The highest BCUT2D eigenvalue weighted by Gasteiger charge is 2.26. The summed E-state index contributed by atoms with van der Waals surface area (Å²) in [6, 6.07) is 2.26. The van der Waals surface area contributed by atoms with E-state index in [-0.39, 0.29) is 11.6 Å². The normalized spacial score (nSPS) is 22.9. The number of carbonyl (C=O) groups is 1. The number of rotatable bonds is 4. The van der Waals surface area contributed by atoms with E-state index in [0.29, 0.717) is 30.4 Å². The van der Waals surface area contributed by atoms with Gasteiger partial charge in [0.2, 0.25) is 10.0 Å². The van der Waals surface area contributed by atoms with Gasteiger partial charge in [-0.05, 0) is 31.0 Å². The minimum absolute atomic E-state index is 0.320. The van der Waals surface area contributed by atoms with Crippen molar-refractivity contribution in [1.82, 2.24) is 4.72 Å². The van der Waals surface area contributed by atoms with E-state index in [2.05, 4.69) is 4.72 Å². The first-order valence-electron chi connectivity index (χ1n) is 6.20. The van der Waals surface area contributed by atoms with E-state index in [1.54, 1.807) is 0 Å². The SMILES string of the molecule is O=C(O)c1ccc(S(=O)(=O)NC2CCS(=O)CC2)c(F)c1. The summed E-state index contributed by atoms with van der Waals surface area (Å²) in [7, 11) is -4.99. The summed E-state index contributed by atoms with van der Waals surface area (Å²) in [5.74, 6) is -1.62. The van der Waals surface area contributed by atoms with E-state index in [1.165, 1.54) is 0 Å². The molecule has 0 saturated carbocycles. The Morgan fingerprint density at radius 3 is 2.48 bits per heavy atom. The molecular formula is C12H14FNO5S2. The van der Waals surface area contributed by atoms with Crippen molar-refractivity contribution in [2.45, 2.75) is 23.8 Å². The van der Waals surface area contributed by atoms with Gasteiger partial charge in [0.1, 0.15) is 10.7 Å². The fraction of sp³-hybridized carbons (Fsp3) is 0.417. The Labute approximate surface area is 123 Å². The van der Waals surface area contributed by atoms with Crippen molar-refractivity contribution in [3.05, 3.63) is 29.6 Å². The highest BCUT2D eigenvalue weighted by molar-refractivity contribution is 7.89. The molecule has 1 aromatic rings. The summed E-state index contributed by atoms with van der Waals surface area (Å²) < 4.78 is 51.6. The van der Waals surface area contributed by atoms with Crippen LogP contribution in [-0.4, -0.2) is 41.3 Å².